The van der Waals surface area contributed by atoms with E-state index in [9.17, 15) is 0 Å². The maximum atomic E-state index is 5.91. The molecule has 2 N–H and O–H groups in total. The van der Waals surface area contributed by atoms with Crippen LogP contribution in [-0.4, -0.2) is 21.7 Å². The van der Waals surface area contributed by atoms with Gasteiger partial charge in [-0.3, -0.25) is 0 Å². The van der Waals surface area contributed by atoms with Gasteiger partial charge >= 0.3 is 0 Å². The van der Waals surface area contributed by atoms with E-state index in [0.717, 1.165) is 25.1 Å². The Labute approximate surface area is 94.4 Å². The second-order valence-corrected chi connectivity index (χ2v) is 4.39. The maximum Gasteiger partial charge on any atom is 0.135 e. The Morgan fingerprint density at radius 2 is 2.47 bits per heavy atom. The van der Waals surface area contributed by atoms with Crippen LogP contribution < -0.4 is 5.73 Å². The van der Waals surface area contributed by atoms with Crippen LogP contribution in [0.5, 0.6) is 0 Å². The first-order valence-electron chi connectivity index (χ1n) is 5.21. The number of aromatic nitrogens is 2. The average molecular weight is 230 g/mol. The number of nitrogens with zero attached hydrogens (tertiary/aromatic N) is 2. The van der Waals surface area contributed by atoms with E-state index < -0.39 is 0 Å². The molecule has 1 aromatic rings. The third-order valence-corrected chi connectivity index (χ3v) is 3.31. The van der Waals surface area contributed by atoms with E-state index in [1.165, 1.54) is 0 Å². The van der Waals surface area contributed by atoms with E-state index in [0.29, 0.717) is 11.8 Å². The monoisotopic (exact) mass is 229 g/mol. The van der Waals surface area contributed by atoms with Crippen LogP contribution in [0.15, 0.2) is 6.20 Å². The van der Waals surface area contributed by atoms with Crippen molar-refractivity contribution < 1.29 is 4.74 Å². The van der Waals surface area contributed by atoms with Crippen LogP contribution in [0, 0.1) is 0 Å². The summed E-state index contributed by atoms with van der Waals surface area (Å²) >= 11 is 5.87. The molecule has 2 unspecified atom stereocenters. The molecule has 1 saturated carbocycles. The van der Waals surface area contributed by atoms with Crippen LogP contribution in [0.25, 0.3) is 0 Å². The smallest absolute Gasteiger partial charge is 0.135 e. The van der Waals surface area contributed by atoms with E-state index in [1.807, 2.05) is 11.6 Å². The number of halogens is 1. The molecule has 1 fully saturated rings. The SMILES string of the molecule is Cn1c(Cl)cnc1COC1CCCC1N. The van der Waals surface area contributed by atoms with E-state index in [4.69, 9.17) is 22.1 Å². The highest BCUT2D eigenvalue weighted by Gasteiger charge is 2.24. The lowest BCUT2D eigenvalue weighted by molar-refractivity contribution is 0.0309. The fraction of sp³-hybridized carbons (Fsp3) is 0.700. The second-order valence-electron chi connectivity index (χ2n) is 4.00. The highest BCUT2D eigenvalue weighted by molar-refractivity contribution is 6.29. The first-order valence-corrected chi connectivity index (χ1v) is 5.59. The van der Waals surface area contributed by atoms with Crippen molar-refractivity contribution in [1.29, 1.82) is 0 Å². The zero-order valence-electron chi connectivity index (χ0n) is 8.82. The number of rotatable bonds is 3. The summed E-state index contributed by atoms with van der Waals surface area (Å²) in [7, 11) is 1.88. The summed E-state index contributed by atoms with van der Waals surface area (Å²) < 4.78 is 7.55. The summed E-state index contributed by atoms with van der Waals surface area (Å²) in [5.74, 6) is 0.846. The summed E-state index contributed by atoms with van der Waals surface area (Å²) in [6.07, 6.45) is 5.09. The third kappa shape index (κ3) is 2.33. The Morgan fingerprint density at radius 1 is 1.67 bits per heavy atom. The first kappa shape index (κ1) is 10.9. The first-order chi connectivity index (χ1) is 7.18. The summed E-state index contributed by atoms with van der Waals surface area (Å²) in [5.41, 5.74) is 5.91. The molecule has 1 heterocycles. The van der Waals surface area contributed by atoms with Crippen LogP contribution in [0.3, 0.4) is 0 Å². The van der Waals surface area contributed by atoms with Gasteiger partial charge in [-0.2, -0.15) is 0 Å². The molecule has 15 heavy (non-hydrogen) atoms. The number of ether oxygens (including phenoxy) is 1. The molecule has 0 radical (unpaired) electrons. The van der Waals surface area contributed by atoms with Gasteiger partial charge in [0.2, 0.25) is 0 Å². The van der Waals surface area contributed by atoms with Gasteiger partial charge in [-0.1, -0.05) is 11.6 Å². The largest absolute Gasteiger partial charge is 0.369 e. The second kappa shape index (κ2) is 4.51. The zero-order chi connectivity index (χ0) is 10.8. The molecule has 1 aliphatic carbocycles. The van der Waals surface area contributed by atoms with Crippen LogP contribution >= 0.6 is 11.6 Å². The Kier molecular flexibility index (Phi) is 3.29. The molecule has 0 bridgehead atoms. The quantitative estimate of drug-likeness (QED) is 0.854. The molecule has 0 aliphatic heterocycles. The highest BCUT2D eigenvalue weighted by atomic mass is 35.5. The van der Waals surface area contributed by atoms with Crippen molar-refractivity contribution in [1.82, 2.24) is 9.55 Å². The number of hydrogen-bond acceptors (Lipinski definition) is 3. The van der Waals surface area contributed by atoms with Gasteiger partial charge in [0.05, 0.1) is 12.3 Å². The van der Waals surface area contributed by atoms with Crippen molar-refractivity contribution in [3.8, 4) is 0 Å². The molecule has 1 aromatic heterocycles. The Hall–Kier alpha value is -0.580. The van der Waals surface area contributed by atoms with Crippen LogP contribution in [0.4, 0.5) is 0 Å². The zero-order valence-corrected chi connectivity index (χ0v) is 9.57. The third-order valence-electron chi connectivity index (χ3n) is 2.96. The van der Waals surface area contributed by atoms with E-state index >= 15 is 0 Å². The molecule has 0 amide bonds. The molecule has 2 rings (SSSR count). The van der Waals surface area contributed by atoms with E-state index in [2.05, 4.69) is 4.98 Å². The number of nitrogens with two attached hydrogens (primary N) is 1. The summed E-state index contributed by atoms with van der Waals surface area (Å²) in [6, 6.07) is 0.181. The number of hydrogen-bond donors (Lipinski definition) is 1. The van der Waals surface area contributed by atoms with Crippen molar-refractivity contribution in [2.24, 2.45) is 12.8 Å². The molecule has 0 saturated heterocycles. The molecule has 0 spiro atoms. The van der Waals surface area contributed by atoms with Crippen molar-refractivity contribution in [3.63, 3.8) is 0 Å². The van der Waals surface area contributed by atoms with E-state index in [1.54, 1.807) is 6.20 Å². The Morgan fingerprint density at radius 3 is 3.00 bits per heavy atom. The minimum Gasteiger partial charge on any atom is -0.369 e. The van der Waals surface area contributed by atoms with E-state index in [-0.39, 0.29) is 12.1 Å². The summed E-state index contributed by atoms with van der Waals surface area (Å²) in [4.78, 5) is 4.17. The van der Waals surface area contributed by atoms with Crippen molar-refractivity contribution >= 4 is 11.6 Å². The van der Waals surface area contributed by atoms with Gasteiger partial charge < -0.3 is 15.0 Å². The lowest BCUT2D eigenvalue weighted by Gasteiger charge is -2.15. The fourth-order valence-corrected chi connectivity index (χ4v) is 2.05. The lowest BCUT2D eigenvalue weighted by atomic mass is 10.2. The van der Waals surface area contributed by atoms with Gasteiger partial charge in [0.25, 0.3) is 0 Å². The molecule has 5 heteroatoms. The lowest BCUT2D eigenvalue weighted by Crippen LogP contribution is -2.31. The minimum atomic E-state index is 0.181. The topological polar surface area (TPSA) is 53.1 Å². The summed E-state index contributed by atoms with van der Waals surface area (Å²) in [5, 5.41) is 0.629. The predicted molar refractivity (Wildman–Crippen MR) is 58.6 cm³/mol. The standard InChI is InChI=1S/C10H16ClN3O/c1-14-9(11)5-13-10(14)6-15-8-4-2-3-7(8)12/h5,7-8H,2-4,6,12H2,1H3. The van der Waals surface area contributed by atoms with Crippen molar-refractivity contribution in [3.05, 3.63) is 17.2 Å². The van der Waals surface area contributed by atoms with Crippen LogP contribution in [-0.2, 0) is 18.4 Å². The molecule has 0 aromatic carbocycles. The molecule has 4 nitrogen and oxygen atoms in total. The number of imidazole rings is 1. The van der Waals surface area contributed by atoms with Crippen molar-refractivity contribution in [2.75, 3.05) is 0 Å². The van der Waals surface area contributed by atoms with Gasteiger partial charge in [-0.25, -0.2) is 4.98 Å². The Bertz CT molecular complexity index is 339. The van der Waals surface area contributed by atoms with Crippen LogP contribution in [0.2, 0.25) is 5.15 Å². The predicted octanol–water partition coefficient (Wildman–Crippen LogP) is 1.47. The van der Waals surface area contributed by atoms with Gasteiger partial charge in [-0.05, 0) is 19.3 Å². The van der Waals surface area contributed by atoms with Crippen LogP contribution in [0.1, 0.15) is 25.1 Å². The van der Waals surface area contributed by atoms with Gasteiger partial charge in [0, 0.05) is 13.1 Å². The maximum absolute atomic E-state index is 5.91. The molecular weight excluding hydrogens is 214 g/mol. The normalized spacial score (nSPS) is 26.1. The average Bonchev–Trinajstić information content (AvgIpc) is 2.74. The molecule has 2 atom stereocenters. The molecular formula is C10H16ClN3O. The van der Waals surface area contributed by atoms with Gasteiger partial charge in [0.1, 0.15) is 17.6 Å². The molecule has 84 valence electrons. The Balaban J connectivity index is 1.90. The van der Waals surface area contributed by atoms with Gasteiger partial charge in [-0.15, -0.1) is 0 Å². The molecule has 1 aliphatic rings. The van der Waals surface area contributed by atoms with Crippen molar-refractivity contribution in [2.45, 2.75) is 38.0 Å². The summed E-state index contributed by atoms with van der Waals surface area (Å²) in [6.45, 7) is 0.488. The fourth-order valence-electron chi connectivity index (χ4n) is 1.90. The van der Waals surface area contributed by atoms with Gasteiger partial charge in [0.15, 0.2) is 0 Å². The minimum absolute atomic E-state index is 0.181. The highest BCUT2D eigenvalue weighted by Crippen LogP contribution is 2.21.